The van der Waals surface area contributed by atoms with E-state index in [1.807, 2.05) is 69.3 Å². The summed E-state index contributed by atoms with van der Waals surface area (Å²) in [6.45, 7) is 7.84. The summed E-state index contributed by atoms with van der Waals surface area (Å²) in [5.41, 5.74) is 4.74. The van der Waals surface area contributed by atoms with Crippen LogP contribution in [0.15, 0.2) is 59.5 Å². The van der Waals surface area contributed by atoms with E-state index in [4.69, 9.17) is 0 Å². The van der Waals surface area contributed by atoms with Crippen molar-refractivity contribution in [2.75, 3.05) is 31.1 Å². The summed E-state index contributed by atoms with van der Waals surface area (Å²) in [6, 6.07) is 17.6. The summed E-state index contributed by atoms with van der Waals surface area (Å²) in [5.74, 6) is 0.772. The van der Waals surface area contributed by atoms with Gasteiger partial charge in [0.15, 0.2) is 5.82 Å². The second kappa shape index (κ2) is 8.16. The van der Waals surface area contributed by atoms with Gasteiger partial charge >= 0.3 is 0 Å². The van der Waals surface area contributed by atoms with Crippen molar-refractivity contribution in [3.05, 3.63) is 71.3 Å². The molecule has 0 radical (unpaired) electrons. The molecule has 0 amide bonds. The maximum Gasteiger partial charge on any atom is 0.243 e. The summed E-state index contributed by atoms with van der Waals surface area (Å²) in [5, 5.41) is 8.71. The summed E-state index contributed by atoms with van der Waals surface area (Å²) in [6.07, 6.45) is 0. The van der Waals surface area contributed by atoms with Crippen molar-refractivity contribution in [1.29, 1.82) is 0 Å². The summed E-state index contributed by atoms with van der Waals surface area (Å²) in [7, 11) is -3.51. The molecule has 156 valence electrons. The van der Waals surface area contributed by atoms with Crippen LogP contribution in [0.25, 0.3) is 11.3 Å². The third-order valence-electron chi connectivity index (χ3n) is 5.69. The Bertz CT molecular complexity index is 1140. The first-order chi connectivity index (χ1) is 14.4. The second-order valence-electron chi connectivity index (χ2n) is 7.74. The highest BCUT2D eigenvalue weighted by Gasteiger charge is 2.30. The summed E-state index contributed by atoms with van der Waals surface area (Å²) in [4.78, 5) is 2.49. The van der Waals surface area contributed by atoms with Crippen molar-refractivity contribution in [2.24, 2.45) is 0 Å². The van der Waals surface area contributed by atoms with Gasteiger partial charge in [0.2, 0.25) is 10.0 Å². The highest BCUT2D eigenvalue weighted by Crippen LogP contribution is 2.25. The van der Waals surface area contributed by atoms with Crippen LogP contribution in [0, 0.1) is 20.8 Å². The van der Waals surface area contributed by atoms with E-state index < -0.39 is 10.0 Å². The average Bonchev–Trinajstić information content (AvgIpc) is 2.77. The largest absolute Gasteiger partial charge is 0.352 e. The van der Waals surface area contributed by atoms with Crippen LogP contribution in [0.3, 0.4) is 0 Å². The van der Waals surface area contributed by atoms with Crippen molar-refractivity contribution in [3.63, 3.8) is 0 Å². The van der Waals surface area contributed by atoms with E-state index >= 15 is 0 Å². The van der Waals surface area contributed by atoms with Gasteiger partial charge in [0.25, 0.3) is 0 Å². The third kappa shape index (κ3) is 3.95. The summed E-state index contributed by atoms with van der Waals surface area (Å²) < 4.78 is 28.0. The SMILES string of the molecule is Cc1cc(C)c(S(=O)(=O)N2CCN(c3ccc(-c4ccccc4)nn3)CC2)cc1C. The Kier molecular flexibility index (Phi) is 5.58. The van der Waals surface area contributed by atoms with E-state index in [9.17, 15) is 8.42 Å². The fourth-order valence-electron chi connectivity index (χ4n) is 3.77. The first-order valence-electron chi connectivity index (χ1n) is 10.1. The summed E-state index contributed by atoms with van der Waals surface area (Å²) >= 11 is 0. The predicted octanol–water partition coefficient (Wildman–Crippen LogP) is 3.58. The molecule has 0 aliphatic carbocycles. The van der Waals surface area contributed by atoms with E-state index in [0.29, 0.717) is 31.1 Å². The zero-order chi connectivity index (χ0) is 21.3. The van der Waals surface area contributed by atoms with Crippen molar-refractivity contribution >= 4 is 15.8 Å². The Hall–Kier alpha value is -2.77. The first kappa shape index (κ1) is 20.5. The minimum absolute atomic E-state index is 0.408. The lowest BCUT2D eigenvalue weighted by Gasteiger charge is -2.34. The molecule has 0 bridgehead atoms. The van der Waals surface area contributed by atoms with Crippen LogP contribution in [0.4, 0.5) is 5.82 Å². The molecule has 7 heteroatoms. The normalized spacial score (nSPS) is 15.4. The highest BCUT2D eigenvalue weighted by molar-refractivity contribution is 7.89. The van der Waals surface area contributed by atoms with Gasteiger partial charge in [-0.2, -0.15) is 4.31 Å². The lowest BCUT2D eigenvalue weighted by Crippen LogP contribution is -2.49. The topological polar surface area (TPSA) is 66.4 Å². The second-order valence-corrected chi connectivity index (χ2v) is 9.64. The van der Waals surface area contributed by atoms with E-state index in [1.165, 1.54) is 0 Å². The smallest absolute Gasteiger partial charge is 0.243 e. The Morgan fingerprint density at radius 1 is 0.767 bits per heavy atom. The van der Waals surface area contributed by atoms with Crippen LogP contribution >= 0.6 is 0 Å². The number of nitrogens with zero attached hydrogens (tertiary/aromatic N) is 4. The van der Waals surface area contributed by atoms with Gasteiger partial charge in [-0.05, 0) is 55.7 Å². The number of anilines is 1. The number of hydrogen-bond donors (Lipinski definition) is 0. The van der Waals surface area contributed by atoms with Crippen molar-refractivity contribution in [1.82, 2.24) is 14.5 Å². The van der Waals surface area contributed by atoms with Crippen LogP contribution in [0.1, 0.15) is 16.7 Å². The average molecular weight is 423 g/mol. The van der Waals surface area contributed by atoms with E-state index in [1.54, 1.807) is 10.4 Å². The first-order valence-corrected chi connectivity index (χ1v) is 11.5. The molecule has 3 aromatic rings. The molecule has 4 rings (SSSR count). The van der Waals surface area contributed by atoms with Gasteiger partial charge in [-0.3, -0.25) is 0 Å². The zero-order valence-corrected chi connectivity index (χ0v) is 18.4. The molecule has 0 spiro atoms. The van der Waals surface area contributed by atoms with Crippen LogP contribution < -0.4 is 4.90 Å². The zero-order valence-electron chi connectivity index (χ0n) is 17.5. The molecule has 0 saturated carbocycles. The van der Waals surface area contributed by atoms with Crippen molar-refractivity contribution < 1.29 is 8.42 Å². The Balaban J connectivity index is 1.47. The molecule has 1 saturated heterocycles. The number of aryl methyl sites for hydroxylation is 3. The quantitative estimate of drug-likeness (QED) is 0.643. The monoisotopic (exact) mass is 422 g/mol. The Morgan fingerprint density at radius 2 is 1.43 bits per heavy atom. The van der Waals surface area contributed by atoms with Gasteiger partial charge in [0, 0.05) is 31.7 Å². The number of hydrogen-bond acceptors (Lipinski definition) is 5. The van der Waals surface area contributed by atoms with Gasteiger partial charge < -0.3 is 4.90 Å². The maximum absolute atomic E-state index is 13.2. The standard InChI is InChI=1S/C23H26N4O2S/c1-17-15-19(3)22(16-18(17)2)30(28,29)27-13-11-26(12-14-27)23-10-9-21(24-25-23)20-7-5-4-6-8-20/h4-10,15-16H,11-14H2,1-3H3. The van der Waals surface area contributed by atoms with Gasteiger partial charge in [0.1, 0.15) is 0 Å². The lowest BCUT2D eigenvalue weighted by molar-refractivity contribution is 0.383. The molecule has 0 N–H and O–H groups in total. The highest BCUT2D eigenvalue weighted by atomic mass is 32.2. The molecule has 30 heavy (non-hydrogen) atoms. The van der Waals surface area contributed by atoms with E-state index in [-0.39, 0.29) is 0 Å². The minimum Gasteiger partial charge on any atom is -0.352 e. The Morgan fingerprint density at radius 3 is 2.07 bits per heavy atom. The Labute approximate surface area is 178 Å². The number of sulfonamides is 1. The van der Waals surface area contributed by atoms with Gasteiger partial charge in [-0.15, -0.1) is 10.2 Å². The molecule has 6 nitrogen and oxygen atoms in total. The molecular formula is C23H26N4O2S. The third-order valence-corrected chi connectivity index (χ3v) is 7.73. The maximum atomic E-state index is 13.2. The molecule has 1 aromatic heterocycles. The number of benzene rings is 2. The fraction of sp³-hybridized carbons (Fsp3) is 0.304. The van der Waals surface area contributed by atoms with Crippen molar-refractivity contribution in [3.8, 4) is 11.3 Å². The van der Waals surface area contributed by atoms with Crippen LogP contribution in [0.5, 0.6) is 0 Å². The van der Waals surface area contributed by atoms with Gasteiger partial charge in [-0.25, -0.2) is 8.42 Å². The molecule has 0 atom stereocenters. The predicted molar refractivity (Wildman–Crippen MR) is 119 cm³/mol. The van der Waals surface area contributed by atoms with E-state index in [0.717, 1.165) is 33.8 Å². The lowest BCUT2D eigenvalue weighted by atomic mass is 10.1. The molecule has 0 unspecified atom stereocenters. The number of rotatable bonds is 4. The number of piperazine rings is 1. The van der Waals surface area contributed by atoms with Crippen LogP contribution in [-0.4, -0.2) is 49.1 Å². The molecule has 1 fully saturated rings. The van der Waals surface area contributed by atoms with E-state index in [2.05, 4.69) is 15.1 Å². The van der Waals surface area contributed by atoms with Gasteiger partial charge in [0.05, 0.1) is 10.6 Å². The minimum atomic E-state index is -3.51. The molecule has 1 aliphatic rings. The molecule has 1 aliphatic heterocycles. The van der Waals surface area contributed by atoms with Crippen molar-refractivity contribution in [2.45, 2.75) is 25.7 Å². The van der Waals surface area contributed by atoms with Crippen LogP contribution in [-0.2, 0) is 10.0 Å². The number of aromatic nitrogens is 2. The molecule has 2 heterocycles. The van der Waals surface area contributed by atoms with Gasteiger partial charge in [-0.1, -0.05) is 36.4 Å². The fourth-order valence-corrected chi connectivity index (χ4v) is 5.48. The van der Waals surface area contributed by atoms with Crippen LogP contribution in [0.2, 0.25) is 0 Å². The molecule has 2 aromatic carbocycles. The molecular weight excluding hydrogens is 396 g/mol.